The van der Waals surface area contributed by atoms with Crippen molar-refractivity contribution in [2.24, 2.45) is 0 Å². The summed E-state index contributed by atoms with van der Waals surface area (Å²) in [6.07, 6.45) is 1.59. The summed E-state index contributed by atoms with van der Waals surface area (Å²) in [4.78, 5) is 17.6. The molecule has 140 valence electrons. The number of pyridine rings is 1. The number of esters is 1. The molecule has 0 saturated heterocycles. The normalized spacial score (nSPS) is 11.0. The number of aromatic nitrogens is 1. The van der Waals surface area contributed by atoms with E-state index in [1.807, 2.05) is 72.8 Å². The van der Waals surface area contributed by atoms with Crippen molar-refractivity contribution in [2.75, 3.05) is 0 Å². The van der Waals surface area contributed by atoms with E-state index in [9.17, 15) is 4.79 Å². The molecule has 0 aliphatic rings. The molecular weight excluding hydrogens is 362 g/mol. The average molecular weight is 379 g/mol. The first kappa shape index (κ1) is 17.2. The number of benzene rings is 3. The SMILES string of the molecule is O=C(OCc1cccc2ccccc12)c1cc(-c2ccco2)nc2ccccc12. The van der Waals surface area contributed by atoms with E-state index in [-0.39, 0.29) is 12.6 Å². The number of para-hydroxylation sites is 1. The molecule has 29 heavy (non-hydrogen) atoms. The van der Waals surface area contributed by atoms with Gasteiger partial charge in [0, 0.05) is 5.39 Å². The second kappa shape index (κ2) is 7.24. The zero-order valence-electron chi connectivity index (χ0n) is 15.5. The Morgan fingerprint density at radius 3 is 2.52 bits per heavy atom. The molecule has 0 radical (unpaired) electrons. The molecule has 0 spiro atoms. The quantitative estimate of drug-likeness (QED) is 0.359. The first-order chi connectivity index (χ1) is 14.3. The Hall–Kier alpha value is -3.92. The lowest BCUT2D eigenvalue weighted by Gasteiger charge is -2.10. The van der Waals surface area contributed by atoms with Crippen LogP contribution in [0.1, 0.15) is 15.9 Å². The summed E-state index contributed by atoms with van der Waals surface area (Å²) < 4.78 is 11.2. The van der Waals surface area contributed by atoms with Crippen LogP contribution in [0.15, 0.2) is 95.6 Å². The van der Waals surface area contributed by atoms with Crippen LogP contribution in [0.2, 0.25) is 0 Å². The topological polar surface area (TPSA) is 52.3 Å². The Bertz CT molecular complexity index is 1320. The number of hydrogen-bond acceptors (Lipinski definition) is 4. The van der Waals surface area contributed by atoms with Gasteiger partial charge in [-0.1, -0.05) is 60.7 Å². The van der Waals surface area contributed by atoms with Gasteiger partial charge in [0.25, 0.3) is 0 Å². The fourth-order valence-corrected chi connectivity index (χ4v) is 3.53. The smallest absolute Gasteiger partial charge is 0.339 e. The Morgan fingerprint density at radius 1 is 0.862 bits per heavy atom. The van der Waals surface area contributed by atoms with Crippen LogP contribution in [0.25, 0.3) is 33.1 Å². The first-order valence-corrected chi connectivity index (χ1v) is 9.37. The van der Waals surface area contributed by atoms with E-state index in [1.165, 1.54) is 0 Å². The molecule has 0 aliphatic heterocycles. The van der Waals surface area contributed by atoms with Crippen molar-refractivity contribution in [3.05, 3.63) is 102 Å². The van der Waals surface area contributed by atoms with Gasteiger partial charge in [-0.05, 0) is 40.6 Å². The third kappa shape index (κ3) is 3.25. The number of ether oxygens (including phenoxy) is 1. The molecule has 0 bridgehead atoms. The molecule has 0 N–H and O–H groups in total. The highest BCUT2D eigenvalue weighted by atomic mass is 16.5. The van der Waals surface area contributed by atoms with E-state index in [4.69, 9.17) is 9.15 Å². The van der Waals surface area contributed by atoms with Crippen LogP contribution < -0.4 is 0 Å². The summed E-state index contributed by atoms with van der Waals surface area (Å²) in [5.41, 5.74) is 2.77. The van der Waals surface area contributed by atoms with Gasteiger partial charge in [-0.2, -0.15) is 0 Å². The predicted octanol–water partition coefficient (Wildman–Crippen LogP) is 6.01. The Morgan fingerprint density at radius 2 is 1.66 bits per heavy atom. The molecule has 0 atom stereocenters. The summed E-state index contributed by atoms with van der Waals surface area (Å²) in [5, 5.41) is 2.96. The summed E-state index contributed by atoms with van der Waals surface area (Å²) in [7, 11) is 0. The maximum atomic E-state index is 13.0. The minimum absolute atomic E-state index is 0.201. The van der Waals surface area contributed by atoms with Crippen molar-refractivity contribution < 1.29 is 13.9 Å². The van der Waals surface area contributed by atoms with Gasteiger partial charge in [-0.25, -0.2) is 9.78 Å². The van der Waals surface area contributed by atoms with Crippen molar-refractivity contribution >= 4 is 27.6 Å². The second-order valence-electron chi connectivity index (χ2n) is 6.76. The number of furan rings is 1. The Labute approximate surface area is 167 Å². The lowest BCUT2D eigenvalue weighted by molar-refractivity contribution is 0.0476. The van der Waals surface area contributed by atoms with E-state index >= 15 is 0 Å². The molecule has 0 saturated carbocycles. The molecule has 0 aliphatic carbocycles. The van der Waals surface area contributed by atoms with Crippen molar-refractivity contribution in [3.8, 4) is 11.5 Å². The molecule has 0 unspecified atom stereocenters. The molecule has 5 rings (SSSR count). The van der Waals surface area contributed by atoms with E-state index < -0.39 is 0 Å². The van der Waals surface area contributed by atoms with Gasteiger partial charge >= 0.3 is 5.97 Å². The molecule has 4 nitrogen and oxygen atoms in total. The third-order valence-electron chi connectivity index (χ3n) is 4.95. The van der Waals surface area contributed by atoms with Gasteiger partial charge < -0.3 is 9.15 Å². The Kier molecular flexibility index (Phi) is 4.30. The minimum atomic E-state index is -0.385. The molecule has 2 heterocycles. The average Bonchev–Trinajstić information content (AvgIpc) is 3.31. The second-order valence-corrected chi connectivity index (χ2v) is 6.76. The maximum absolute atomic E-state index is 13.0. The number of rotatable bonds is 4. The lowest BCUT2D eigenvalue weighted by Crippen LogP contribution is -2.07. The fraction of sp³-hybridized carbons (Fsp3) is 0.0400. The van der Waals surface area contributed by atoms with Crippen molar-refractivity contribution in [1.29, 1.82) is 0 Å². The minimum Gasteiger partial charge on any atom is -0.463 e. The predicted molar refractivity (Wildman–Crippen MR) is 113 cm³/mol. The number of carbonyl (C=O) groups excluding carboxylic acids is 1. The summed E-state index contributed by atoms with van der Waals surface area (Å²) >= 11 is 0. The Balaban J connectivity index is 1.50. The molecule has 5 aromatic rings. The third-order valence-corrected chi connectivity index (χ3v) is 4.95. The van der Waals surface area contributed by atoms with Gasteiger partial charge in [0.2, 0.25) is 0 Å². The van der Waals surface area contributed by atoms with Gasteiger partial charge in [0.15, 0.2) is 5.76 Å². The van der Waals surface area contributed by atoms with Crippen molar-refractivity contribution in [2.45, 2.75) is 6.61 Å². The molecule has 2 aromatic heterocycles. The van der Waals surface area contributed by atoms with Crippen LogP contribution in [0.4, 0.5) is 0 Å². The molecule has 4 heteroatoms. The van der Waals surface area contributed by atoms with Gasteiger partial charge in [-0.3, -0.25) is 0 Å². The van der Waals surface area contributed by atoms with Gasteiger partial charge in [0.1, 0.15) is 12.3 Å². The number of hydrogen-bond donors (Lipinski definition) is 0. The lowest BCUT2D eigenvalue weighted by atomic mass is 10.1. The summed E-state index contributed by atoms with van der Waals surface area (Å²) in [5.74, 6) is 0.225. The number of carbonyl (C=O) groups is 1. The molecule has 0 fully saturated rings. The molecule has 3 aromatic carbocycles. The fourth-order valence-electron chi connectivity index (χ4n) is 3.53. The monoisotopic (exact) mass is 379 g/mol. The first-order valence-electron chi connectivity index (χ1n) is 9.37. The van der Waals surface area contributed by atoms with Crippen LogP contribution in [0.5, 0.6) is 0 Å². The zero-order chi connectivity index (χ0) is 19.6. The van der Waals surface area contributed by atoms with Crippen LogP contribution in [0.3, 0.4) is 0 Å². The highest BCUT2D eigenvalue weighted by molar-refractivity contribution is 6.04. The van der Waals surface area contributed by atoms with Crippen LogP contribution in [0, 0.1) is 0 Å². The van der Waals surface area contributed by atoms with E-state index in [0.29, 0.717) is 17.0 Å². The van der Waals surface area contributed by atoms with E-state index in [1.54, 1.807) is 18.4 Å². The largest absolute Gasteiger partial charge is 0.463 e. The van der Waals surface area contributed by atoms with Gasteiger partial charge in [-0.15, -0.1) is 0 Å². The van der Waals surface area contributed by atoms with Crippen molar-refractivity contribution in [1.82, 2.24) is 4.98 Å². The van der Waals surface area contributed by atoms with E-state index in [2.05, 4.69) is 4.98 Å². The maximum Gasteiger partial charge on any atom is 0.339 e. The van der Waals surface area contributed by atoms with Crippen molar-refractivity contribution in [3.63, 3.8) is 0 Å². The highest BCUT2D eigenvalue weighted by Gasteiger charge is 2.16. The number of fused-ring (bicyclic) bond motifs is 2. The summed E-state index contributed by atoms with van der Waals surface area (Å²) in [6.45, 7) is 0.201. The summed E-state index contributed by atoms with van der Waals surface area (Å²) in [6, 6.07) is 27.0. The van der Waals surface area contributed by atoms with Crippen LogP contribution in [-0.2, 0) is 11.3 Å². The van der Waals surface area contributed by atoms with Gasteiger partial charge in [0.05, 0.1) is 17.3 Å². The zero-order valence-corrected chi connectivity index (χ0v) is 15.5. The standard InChI is InChI=1S/C25H17NO3/c27-25(29-16-18-9-5-8-17-7-1-2-10-19(17)18)21-15-23(24-13-6-14-28-24)26-22-12-4-3-11-20(21)22/h1-15H,16H2. The number of nitrogens with zero attached hydrogens (tertiary/aromatic N) is 1. The van der Waals surface area contributed by atoms with Crippen LogP contribution in [-0.4, -0.2) is 11.0 Å². The highest BCUT2D eigenvalue weighted by Crippen LogP contribution is 2.26. The van der Waals surface area contributed by atoms with Crippen LogP contribution >= 0.6 is 0 Å². The molecule has 0 amide bonds. The van der Waals surface area contributed by atoms with E-state index in [0.717, 1.165) is 27.2 Å². The molecular formula is C25H17NO3.